The van der Waals surface area contributed by atoms with Crippen molar-refractivity contribution in [1.82, 2.24) is 5.32 Å². The predicted octanol–water partition coefficient (Wildman–Crippen LogP) is 1.46. The summed E-state index contributed by atoms with van der Waals surface area (Å²) in [5.74, 6) is -4.84. The maximum Gasteiger partial charge on any atom is 0.465 e. The van der Waals surface area contributed by atoms with E-state index >= 15 is 0 Å². The summed E-state index contributed by atoms with van der Waals surface area (Å²) in [4.78, 5) is 3.18. The highest BCUT2D eigenvalue weighted by Crippen LogP contribution is 2.32. The fourth-order valence-electron chi connectivity index (χ4n) is 1.46. The molecule has 0 amide bonds. The van der Waals surface area contributed by atoms with Crippen LogP contribution in [0.5, 0.6) is 0 Å². The maximum absolute atomic E-state index is 12.6. The summed E-state index contributed by atoms with van der Waals surface area (Å²) in [7, 11) is -2.05. The van der Waals surface area contributed by atoms with Gasteiger partial charge < -0.3 is 15.4 Å². The fraction of sp³-hybridized carbons (Fsp3) is 0.727. The quantitative estimate of drug-likeness (QED) is 0.674. The molecule has 1 unspecified atom stereocenters. The first-order valence-corrected chi connectivity index (χ1v) is 5.87. The van der Waals surface area contributed by atoms with Crippen LogP contribution in [-0.4, -0.2) is 41.4 Å². The molecule has 0 saturated carbocycles. The van der Waals surface area contributed by atoms with Crippen LogP contribution in [0.2, 0.25) is 5.82 Å². The molecule has 1 aliphatic rings. The molecular formula is C11H21BF2N2O2. The minimum Gasteiger partial charge on any atom is -0.427 e. The summed E-state index contributed by atoms with van der Waals surface area (Å²) in [6.07, 6.45) is 2.48. The van der Waals surface area contributed by atoms with Gasteiger partial charge in [-0.2, -0.15) is 0 Å². The molecule has 0 aromatic rings. The van der Waals surface area contributed by atoms with E-state index in [1.807, 2.05) is 0 Å². The Morgan fingerprint density at radius 1 is 1.22 bits per heavy atom. The lowest BCUT2D eigenvalue weighted by molar-refractivity contribution is 0.0757. The molecule has 7 heteroatoms. The number of hydrogen-bond donors (Lipinski definition) is 3. The second-order valence-electron chi connectivity index (χ2n) is 4.71. The number of alkyl halides is 2. The molecule has 0 fully saturated rings. The highest BCUT2D eigenvalue weighted by molar-refractivity contribution is 6.45. The van der Waals surface area contributed by atoms with Crippen molar-refractivity contribution in [2.45, 2.75) is 51.5 Å². The number of halogens is 2. The van der Waals surface area contributed by atoms with Crippen molar-refractivity contribution in [3.8, 4) is 0 Å². The van der Waals surface area contributed by atoms with Gasteiger partial charge in [-0.1, -0.05) is 33.8 Å². The Labute approximate surface area is 107 Å². The van der Waals surface area contributed by atoms with Gasteiger partial charge >= 0.3 is 7.12 Å². The first-order valence-electron chi connectivity index (χ1n) is 5.87. The molecule has 104 valence electrons. The van der Waals surface area contributed by atoms with E-state index in [1.165, 1.54) is 0 Å². The van der Waals surface area contributed by atoms with Gasteiger partial charge in [0.1, 0.15) is 0 Å². The molecular weight excluding hydrogens is 241 g/mol. The van der Waals surface area contributed by atoms with Gasteiger partial charge in [0.25, 0.3) is 5.92 Å². The Morgan fingerprint density at radius 2 is 1.72 bits per heavy atom. The van der Waals surface area contributed by atoms with E-state index in [1.54, 1.807) is 0 Å². The van der Waals surface area contributed by atoms with Crippen LogP contribution in [0.3, 0.4) is 0 Å². The number of nitrogens with one attached hydrogen (secondary N) is 1. The second kappa shape index (κ2) is 7.61. The number of aliphatic imine (C=N–C) groups is 1. The van der Waals surface area contributed by atoms with Crippen LogP contribution in [0.1, 0.15) is 27.7 Å². The number of rotatable bonds is 3. The Hall–Kier alpha value is -0.785. The lowest BCUT2D eigenvalue weighted by Gasteiger charge is -2.21. The first kappa shape index (κ1) is 17.2. The van der Waals surface area contributed by atoms with Crippen LogP contribution >= 0.6 is 0 Å². The van der Waals surface area contributed by atoms with Gasteiger partial charge in [-0.05, 0) is 0 Å². The van der Waals surface area contributed by atoms with Crippen molar-refractivity contribution in [2.24, 2.45) is 4.99 Å². The summed E-state index contributed by atoms with van der Waals surface area (Å²) in [6.45, 7) is 8.61. The van der Waals surface area contributed by atoms with E-state index in [0.29, 0.717) is 18.3 Å². The Balaban J connectivity index is 0.000000360. The molecule has 1 rings (SSSR count). The highest BCUT2D eigenvalue weighted by Gasteiger charge is 2.44. The third-order valence-corrected chi connectivity index (χ3v) is 2.06. The van der Waals surface area contributed by atoms with Gasteiger partial charge in [-0.25, -0.2) is 8.78 Å². The predicted molar refractivity (Wildman–Crippen MR) is 69.9 cm³/mol. The van der Waals surface area contributed by atoms with Gasteiger partial charge in [0, 0.05) is 18.3 Å². The normalized spacial score (nSPS) is 20.9. The molecule has 0 bridgehead atoms. The van der Waals surface area contributed by atoms with Crippen molar-refractivity contribution in [2.75, 3.05) is 0 Å². The van der Waals surface area contributed by atoms with Crippen LogP contribution in [0, 0.1) is 0 Å². The van der Waals surface area contributed by atoms with Crippen LogP contribution < -0.4 is 5.32 Å². The van der Waals surface area contributed by atoms with Crippen molar-refractivity contribution < 1.29 is 18.8 Å². The standard InChI is InChI=1S/C6H15N.C5H6BF2NO2/c1-5(2)7-6(3)4;7-5(8)3-9-2-1-4(5)6(10)11/h5-7H,1-4H3;1-4,10-11H. The zero-order valence-corrected chi connectivity index (χ0v) is 11.1. The summed E-state index contributed by atoms with van der Waals surface area (Å²) in [6, 6.07) is 1.25. The summed E-state index contributed by atoms with van der Waals surface area (Å²) >= 11 is 0. The Morgan fingerprint density at radius 3 is 1.94 bits per heavy atom. The van der Waals surface area contributed by atoms with Crippen molar-refractivity contribution in [3.05, 3.63) is 12.3 Å². The minimum atomic E-state index is -3.26. The van der Waals surface area contributed by atoms with Gasteiger partial charge in [0.15, 0.2) is 0 Å². The third-order valence-electron chi connectivity index (χ3n) is 2.06. The van der Waals surface area contributed by atoms with E-state index in [-0.39, 0.29) is 0 Å². The van der Waals surface area contributed by atoms with Gasteiger partial charge in [0.2, 0.25) is 0 Å². The summed E-state index contributed by atoms with van der Waals surface area (Å²) in [5.41, 5.74) is 0. The van der Waals surface area contributed by atoms with E-state index in [2.05, 4.69) is 38.0 Å². The molecule has 3 N–H and O–H groups in total. The molecule has 0 aliphatic carbocycles. The topological polar surface area (TPSA) is 64.8 Å². The molecule has 0 aromatic heterocycles. The Bertz CT molecular complexity index is 289. The molecule has 1 heterocycles. The molecule has 4 nitrogen and oxygen atoms in total. The summed E-state index contributed by atoms with van der Waals surface area (Å²) in [5, 5.41) is 20.3. The Kier molecular flexibility index (Phi) is 7.27. The molecule has 18 heavy (non-hydrogen) atoms. The number of nitrogens with zero attached hydrogens (tertiary/aromatic N) is 1. The minimum absolute atomic E-state index is 0.400. The SMILES string of the molecule is CC(C)NC(C)C.OB(O)C1C=CN=CC1(F)F. The van der Waals surface area contributed by atoms with E-state index in [0.717, 1.165) is 12.3 Å². The highest BCUT2D eigenvalue weighted by atomic mass is 19.3. The first-order chi connectivity index (χ1) is 8.16. The smallest absolute Gasteiger partial charge is 0.427 e. The molecule has 0 radical (unpaired) electrons. The van der Waals surface area contributed by atoms with Crippen molar-refractivity contribution >= 4 is 13.3 Å². The van der Waals surface area contributed by atoms with E-state index in [9.17, 15) is 8.78 Å². The van der Waals surface area contributed by atoms with Crippen molar-refractivity contribution in [3.63, 3.8) is 0 Å². The second-order valence-corrected chi connectivity index (χ2v) is 4.71. The van der Waals surface area contributed by atoms with Gasteiger partial charge in [-0.3, -0.25) is 4.99 Å². The zero-order chi connectivity index (χ0) is 14.3. The zero-order valence-electron chi connectivity index (χ0n) is 11.1. The molecule has 0 aromatic carbocycles. The third kappa shape index (κ3) is 6.83. The van der Waals surface area contributed by atoms with Crippen LogP contribution in [0.15, 0.2) is 17.3 Å². The molecule has 1 aliphatic heterocycles. The number of allylic oxidation sites excluding steroid dienone is 1. The molecule has 0 spiro atoms. The van der Waals surface area contributed by atoms with Crippen LogP contribution in [0.25, 0.3) is 0 Å². The lowest BCUT2D eigenvalue weighted by Crippen LogP contribution is -2.36. The average Bonchev–Trinajstić information content (AvgIpc) is 2.14. The largest absolute Gasteiger partial charge is 0.465 e. The van der Waals surface area contributed by atoms with Crippen LogP contribution in [-0.2, 0) is 0 Å². The average molecular weight is 262 g/mol. The van der Waals surface area contributed by atoms with Gasteiger partial charge in [-0.15, -0.1) is 0 Å². The van der Waals surface area contributed by atoms with Crippen molar-refractivity contribution in [1.29, 1.82) is 0 Å². The lowest BCUT2D eigenvalue weighted by atomic mass is 9.68. The van der Waals surface area contributed by atoms with E-state index < -0.39 is 18.9 Å². The maximum atomic E-state index is 12.6. The van der Waals surface area contributed by atoms with Crippen LogP contribution in [0.4, 0.5) is 8.78 Å². The fourth-order valence-corrected chi connectivity index (χ4v) is 1.46. The summed E-state index contributed by atoms with van der Waals surface area (Å²) < 4.78 is 25.2. The molecule has 0 saturated heterocycles. The molecule has 1 atom stereocenters. The van der Waals surface area contributed by atoms with Gasteiger partial charge in [0.05, 0.1) is 12.0 Å². The number of hydrogen-bond acceptors (Lipinski definition) is 4. The monoisotopic (exact) mass is 262 g/mol. The van der Waals surface area contributed by atoms with E-state index in [4.69, 9.17) is 10.0 Å².